The Morgan fingerprint density at radius 2 is 1.83 bits per heavy atom. The predicted octanol–water partition coefficient (Wildman–Crippen LogP) is 3.63. The number of carbonyl (C=O) groups excluding carboxylic acids is 1. The molecule has 1 aliphatic heterocycles. The third-order valence-corrected chi connectivity index (χ3v) is 6.35. The zero-order chi connectivity index (χ0) is 21.1. The summed E-state index contributed by atoms with van der Waals surface area (Å²) in [5, 5.41) is 9.38. The van der Waals surface area contributed by atoms with Crippen LogP contribution in [-0.2, 0) is 4.79 Å². The van der Waals surface area contributed by atoms with Crippen LogP contribution in [0.5, 0.6) is 0 Å². The van der Waals surface area contributed by atoms with Crippen LogP contribution in [0, 0.1) is 17.7 Å². The minimum atomic E-state index is -0.290. The molecule has 0 aliphatic carbocycles. The fourth-order valence-corrected chi connectivity index (χ4v) is 4.65. The SMILES string of the molecule is C[C@@H]1C[C@H](C)CN(C(=O)CSc2nnc([C@@H](C)N(C)C)n2-c2ccc(F)cc2)C1. The number of hydrogen-bond acceptors (Lipinski definition) is 5. The molecule has 1 saturated heterocycles. The molecule has 0 radical (unpaired) electrons. The summed E-state index contributed by atoms with van der Waals surface area (Å²) in [6.45, 7) is 8.07. The fraction of sp³-hybridized carbons (Fsp3) is 0.571. The zero-order valence-electron chi connectivity index (χ0n) is 17.8. The van der Waals surface area contributed by atoms with Gasteiger partial charge in [0.1, 0.15) is 5.82 Å². The van der Waals surface area contributed by atoms with E-state index < -0.39 is 0 Å². The number of nitrogens with zero attached hydrogens (tertiary/aromatic N) is 5. The average Bonchev–Trinajstić information content (AvgIpc) is 3.09. The highest BCUT2D eigenvalue weighted by molar-refractivity contribution is 7.99. The van der Waals surface area contributed by atoms with E-state index in [0.29, 0.717) is 22.7 Å². The summed E-state index contributed by atoms with van der Waals surface area (Å²) in [5.41, 5.74) is 0.787. The lowest BCUT2D eigenvalue weighted by atomic mass is 9.92. The van der Waals surface area contributed by atoms with Gasteiger partial charge in [0.05, 0.1) is 11.8 Å². The second-order valence-electron chi connectivity index (χ2n) is 8.33. The molecule has 8 heteroatoms. The van der Waals surface area contributed by atoms with Crippen molar-refractivity contribution in [1.29, 1.82) is 0 Å². The van der Waals surface area contributed by atoms with Crippen LogP contribution in [0.3, 0.4) is 0 Å². The predicted molar refractivity (Wildman–Crippen MR) is 114 cm³/mol. The van der Waals surface area contributed by atoms with Crippen LogP contribution in [0.15, 0.2) is 29.4 Å². The second-order valence-corrected chi connectivity index (χ2v) is 9.27. The normalized spacial score (nSPS) is 20.9. The van der Waals surface area contributed by atoms with Crippen molar-refractivity contribution in [3.05, 3.63) is 35.9 Å². The molecule has 1 aliphatic rings. The van der Waals surface area contributed by atoms with E-state index in [0.717, 1.165) is 24.6 Å². The van der Waals surface area contributed by atoms with E-state index in [1.54, 1.807) is 12.1 Å². The van der Waals surface area contributed by atoms with Crippen LogP contribution >= 0.6 is 11.8 Å². The molecule has 1 amide bonds. The van der Waals surface area contributed by atoms with Gasteiger partial charge in [-0.05, 0) is 63.5 Å². The molecule has 0 saturated carbocycles. The lowest BCUT2D eigenvalue weighted by Crippen LogP contribution is -2.43. The molecule has 1 fully saturated rings. The highest BCUT2D eigenvalue weighted by Gasteiger charge is 2.26. The minimum Gasteiger partial charge on any atom is -0.341 e. The number of thioether (sulfide) groups is 1. The molecule has 2 heterocycles. The number of halogens is 1. The van der Waals surface area contributed by atoms with Gasteiger partial charge >= 0.3 is 0 Å². The summed E-state index contributed by atoms with van der Waals surface area (Å²) in [4.78, 5) is 16.8. The lowest BCUT2D eigenvalue weighted by Gasteiger charge is -2.35. The van der Waals surface area contributed by atoms with E-state index in [-0.39, 0.29) is 17.8 Å². The molecule has 1 aromatic carbocycles. The van der Waals surface area contributed by atoms with E-state index in [1.165, 1.54) is 30.3 Å². The molecule has 0 bridgehead atoms. The molecule has 158 valence electrons. The number of carbonyl (C=O) groups is 1. The highest BCUT2D eigenvalue weighted by Crippen LogP contribution is 2.28. The average molecular weight is 420 g/mol. The largest absolute Gasteiger partial charge is 0.341 e. The van der Waals surface area contributed by atoms with Crippen molar-refractivity contribution in [2.45, 2.75) is 38.4 Å². The summed E-state index contributed by atoms with van der Waals surface area (Å²) in [5.74, 6) is 1.98. The summed E-state index contributed by atoms with van der Waals surface area (Å²) in [7, 11) is 3.95. The lowest BCUT2D eigenvalue weighted by molar-refractivity contribution is -0.130. The van der Waals surface area contributed by atoms with Gasteiger partial charge in [0.15, 0.2) is 11.0 Å². The Hall–Kier alpha value is -1.93. The standard InChI is InChI=1S/C21H30FN5OS/c1-14-10-15(2)12-26(11-14)19(28)13-29-21-24-23-20(16(3)25(4)5)27(21)18-8-6-17(22)7-9-18/h6-9,14-16H,10-13H2,1-5H3/t14-,15+,16-/m1/s1. The molecule has 1 aromatic heterocycles. The Morgan fingerprint density at radius 3 is 2.41 bits per heavy atom. The van der Waals surface area contributed by atoms with Gasteiger partial charge in [0.25, 0.3) is 0 Å². The summed E-state index contributed by atoms with van der Waals surface area (Å²) in [6.07, 6.45) is 1.17. The van der Waals surface area contributed by atoms with E-state index in [9.17, 15) is 9.18 Å². The van der Waals surface area contributed by atoms with Gasteiger partial charge in [-0.3, -0.25) is 14.3 Å². The van der Waals surface area contributed by atoms with Crippen molar-refractivity contribution in [2.75, 3.05) is 32.9 Å². The number of hydrogen-bond donors (Lipinski definition) is 0. The van der Waals surface area contributed by atoms with E-state index >= 15 is 0 Å². The van der Waals surface area contributed by atoms with Crippen LogP contribution in [0.25, 0.3) is 5.69 Å². The second kappa shape index (κ2) is 9.26. The summed E-state index contributed by atoms with van der Waals surface area (Å²) < 4.78 is 15.4. The molecular formula is C21H30FN5OS. The maximum atomic E-state index is 13.4. The van der Waals surface area contributed by atoms with Crippen LogP contribution < -0.4 is 0 Å². The first-order valence-electron chi connectivity index (χ1n) is 10.0. The quantitative estimate of drug-likeness (QED) is 0.670. The highest BCUT2D eigenvalue weighted by atomic mass is 32.2. The monoisotopic (exact) mass is 419 g/mol. The Balaban J connectivity index is 1.81. The molecule has 2 aromatic rings. The number of amides is 1. The van der Waals surface area contributed by atoms with Crippen molar-refractivity contribution in [1.82, 2.24) is 24.6 Å². The van der Waals surface area contributed by atoms with Crippen molar-refractivity contribution in [3.63, 3.8) is 0 Å². The van der Waals surface area contributed by atoms with Gasteiger partial charge in [-0.25, -0.2) is 4.39 Å². The smallest absolute Gasteiger partial charge is 0.233 e. The first-order valence-corrected chi connectivity index (χ1v) is 11.0. The van der Waals surface area contributed by atoms with Crippen molar-refractivity contribution in [2.24, 2.45) is 11.8 Å². The van der Waals surface area contributed by atoms with Gasteiger partial charge in [-0.1, -0.05) is 25.6 Å². The Morgan fingerprint density at radius 1 is 1.21 bits per heavy atom. The van der Waals surface area contributed by atoms with Crippen molar-refractivity contribution in [3.8, 4) is 5.69 Å². The molecule has 0 unspecified atom stereocenters. The van der Waals surface area contributed by atoms with E-state index in [4.69, 9.17) is 0 Å². The molecule has 3 rings (SSSR count). The van der Waals surface area contributed by atoms with Crippen LogP contribution in [-0.4, -0.2) is 63.4 Å². The zero-order valence-corrected chi connectivity index (χ0v) is 18.6. The van der Waals surface area contributed by atoms with Crippen LogP contribution in [0.4, 0.5) is 4.39 Å². The van der Waals surface area contributed by atoms with Gasteiger partial charge in [0.2, 0.25) is 5.91 Å². The molecule has 0 spiro atoms. The van der Waals surface area contributed by atoms with Gasteiger partial charge in [0, 0.05) is 18.8 Å². The first kappa shape index (κ1) is 21.8. The molecular weight excluding hydrogens is 389 g/mol. The number of aromatic nitrogens is 3. The van der Waals surface area contributed by atoms with Crippen LogP contribution in [0.1, 0.15) is 39.1 Å². The summed E-state index contributed by atoms with van der Waals surface area (Å²) >= 11 is 1.39. The molecule has 3 atom stereocenters. The van der Waals surface area contributed by atoms with Gasteiger partial charge < -0.3 is 4.90 Å². The third-order valence-electron chi connectivity index (χ3n) is 5.44. The fourth-order valence-electron chi connectivity index (χ4n) is 3.79. The summed E-state index contributed by atoms with van der Waals surface area (Å²) in [6, 6.07) is 6.29. The number of rotatable bonds is 6. The first-order chi connectivity index (χ1) is 13.8. The van der Waals surface area contributed by atoms with E-state index in [1.807, 2.05) is 35.4 Å². The number of piperidine rings is 1. The number of likely N-dealkylation sites (tertiary alicyclic amines) is 1. The Bertz CT molecular complexity index is 828. The minimum absolute atomic E-state index is 0.0152. The van der Waals surface area contributed by atoms with Crippen LogP contribution in [0.2, 0.25) is 0 Å². The third kappa shape index (κ3) is 5.17. The molecule has 0 N–H and O–H groups in total. The molecule has 6 nitrogen and oxygen atoms in total. The van der Waals surface area contributed by atoms with Crippen molar-refractivity contribution < 1.29 is 9.18 Å². The maximum Gasteiger partial charge on any atom is 0.233 e. The Labute approximate surface area is 176 Å². The Kier molecular flexibility index (Phi) is 6.95. The van der Waals surface area contributed by atoms with E-state index in [2.05, 4.69) is 24.0 Å². The topological polar surface area (TPSA) is 54.3 Å². The molecule has 29 heavy (non-hydrogen) atoms. The number of benzene rings is 1. The van der Waals surface area contributed by atoms with Crippen molar-refractivity contribution >= 4 is 17.7 Å². The maximum absolute atomic E-state index is 13.4. The van der Waals surface area contributed by atoms with Gasteiger partial charge in [-0.2, -0.15) is 0 Å². The van der Waals surface area contributed by atoms with Gasteiger partial charge in [-0.15, -0.1) is 10.2 Å².